The molecule has 1 nitrogen and oxygen atoms in total. The zero-order chi connectivity index (χ0) is 13.7. The average Bonchev–Trinajstić information content (AvgIpc) is 2.41. The summed E-state index contributed by atoms with van der Waals surface area (Å²) in [5, 5.41) is 0. The molecule has 0 amide bonds. The molecule has 0 radical (unpaired) electrons. The zero-order valence-corrected chi connectivity index (χ0v) is 13.4. The van der Waals surface area contributed by atoms with Gasteiger partial charge in [0, 0.05) is 9.61 Å². The summed E-state index contributed by atoms with van der Waals surface area (Å²) in [7, 11) is 0. The third-order valence-electron chi connectivity index (χ3n) is 3.34. The van der Waals surface area contributed by atoms with E-state index in [2.05, 4.69) is 78.0 Å². The summed E-state index contributed by atoms with van der Waals surface area (Å²) < 4.78 is 1.27. The lowest BCUT2D eigenvalue weighted by molar-refractivity contribution is 0.610. The molecule has 2 rings (SSSR count). The Balaban J connectivity index is 1.82. The molecule has 0 aromatic heterocycles. The van der Waals surface area contributed by atoms with E-state index in [4.69, 9.17) is 5.73 Å². The number of halogens is 1. The van der Waals surface area contributed by atoms with Crippen LogP contribution in [0.2, 0.25) is 0 Å². The van der Waals surface area contributed by atoms with Crippen LogP contribution in [0.5, 0.6) is 0 Å². The van der Waals surface area contributed by atoms with Crippen molar-refractivity contribution in [1.29, 1.82) is 0 Å². The van der Waals surface area contributed by atoms with Gasteiger partial charge in [-0.3, -0.25) is 0 Å². The summed E-state index contributed by atoms with van der Waals surface area (Å²) in [4.78, 5) is 0. The molecule has 2 N–H and O–H groups in total. The molecular weight excluding hydrogens is 345 g/mol. The molecule has 0 aliphatic heterocycles. The van der Waals surface area contributed by atoms with Gasteiger partial charge in [0.05, 0.1) is 0 Å². The minimum atomic E-state index is 0.237. The lowest BCUT2D eigenvalue weighted by Crippen LogP contribution is -2.23. The van der Waals surface area contributed by atoms with E-state index in [1.807, 2.05) is 0 Å². The largest absolute Gasteiger partial charge is 0.327 e. The van der Waals surface area contributed by atoms with Gasteiger partial charge in [-0.15, -0.1) is 0 Å². The fourth-order valence-corrected chi connectivity index (χ4v) is 2.49. The van der Waals surface area contributed by atoms with Crippen LogP contribution in [-0.4, -0.2) is 6.04 Å². The normalized spacial score (nSPS) is 12.4. The van der Waals surface area contributed by atoms with Gasteiger partial charge in [0.2, 0.25) is 0 Å². The molecule has 0 fully saturated rings. The van der Waals surface area contributed by atoms with Gasteiger partial charge in [-0.05, 0) is 72.0 Å². The van der Waals surface area contributed by atoms with Crippen LogP contribution in [-0.2, 0) is 12.8 Å². The summed E-state index contributed by atoms with van der Waals surface area (Å²) in [6.07, 6.45) is 3.06. The van der Waals surface area contributed by atoms with Gasteiger partial charge < -0.3 is 5.73 Å². The summed E-state index contributed by atoms with van der Waals surface area (Å²) in [5.41, 5.74) is 10.2. The van der Waals surface area contributed by atoms with E-state index in [0.717, 1.165) is 19.3 Å². The van der Waals surface area contributed by atoms with Crippen molar-refractivity contribution in [3.8, 4) is 0 Å². The maximum absolute atomic E-state index is 6.22. The molecule has 1 unspecified atom stereocenters. The molecule has 0 aliphatic carbocycles. The first-order valence-electron chi connectivity index (χ1n) is 6.69. The highest BCUT2D eigenvalue weighted by atomic mass is 127. The van der Waals surface area contributed by atoms with Crippen molar-refractivity contribution in [3.63, 3.8) is 0 Å². The Bertz CT molecular complexity index is 502. The maximum Gasteiger partial charge on any atom is 0.0130 e. The SMILES string of the molecule is Cc1ccc(CCC(N)Cc2ccc(I)cc2)cc1. The first-order chi connectivity index (χ1) is 9.13. The summed E-state index contributed by atoms with van der Waals surface area (Å²) in [6, 6.07) is 17.6. The molecule has 2 aromatic rings. The monoisotopic (exact) mass is 365 g/mol. The van der Waals surface area contributed by atoms with Crippen molar-refractivity contribution >= 4 is 22.6 Å². The molecule has 100 valence electrons. The molecule has 0 spiro atoms. The summed E-state index contributed by atoms with van der Waals surface area (Å²) >= 11 is 2.33. The molecule has 19 heavy (non-hydrogen) atoms. The van der Waals surface area contributed by atoms with E-state index in [9.17, 15) is 0 Å². The van der Waals surface area contributed by atoms with Crippen molar-refractivity contribution in [2.24, 2.45) is 5.73 Å². The van der Waals surface area contributed by atoms with Gasteiger partial charge in [0.1, 0.15) is 0 Å². The van der Waals surface area contributed by atoms with Crippen LogP contribution < -0.4 is 5.73 Å². The van der Waals surface area contributed by atoms with Crippen molar-refractivity contribution in [1.82, 2.24) is 0 Å². The topological polar surface area (TPSA) is 26.0 Å². The lowest BCUT2D eigenvalue weighted by atomic mass is 9.99. The van der Waals surface area contributed by atoms with Crippen molar-refractivity contribution in [3.05, 3.63) is 68.8 Å². The number of hydrogen-bond donors (Lipinski definition) is 1. The molecule has 0 saturated heterocycles. The van der Waals surface area contributed by atoms with Crippen LogP contribution in [0.15, 0.2) is 48.5 Å². The van der Waals surface area contributed by atoms with Gasteiger partial charge in [0.15, 0.2) is 0 Å². The predicted molar refractivity (Wildman–Crippen MR) is 90.3 cm³/mol. The van der Waals surface area contributed by atoms with Crippen LogP contribution >= 0.6 is 22.6 Å². The predicted octanol–water partition coefficient (Wildman–Crippen LogP) is 4.10. The van der Waals surface area contributed by atoms with Gasteiger partial charge in [-0.25, -0.2) is 0 Å². The number of nitrogens with two attached hydrogens (primary N) is 1. The lowest BCUT2D eigenvalue weighted by Gasteiger charge is -2.12. The average molecular weight is 365 g/mol. The molecule has 2 heteroatoms. The fraction of sp³-hybridized carbons (Fsp3) is 0.294. The molecule has 2 aromatic carbocycles. The van der Waals surface area contributed by atoms with E-state index >= 15 is 0 Å². The number of hydrogen-bond acceptors (Lipinski definition) is 1. The minimum absolute atomic E-state index is 0.237. The van der Waals surface area contributed by atoms with Crippen LogP contribution in [0.25, 0.3) is 0 Å². The first kappa shape index (κ1) is 14.5. The Morgan fingerprint density at radius 3 is 2.16 bits per heavy atom. The first-order valence-corrected chi connectivity index (χ1v) is 7.77. The molecular formula is C17H20IN. The Morgan fingerprint density at radius 1 is 0.947 bits per heavy atom. The summed E-state index contributed by atoms with van der Waals surface area (Å²) in [5.74, 6) is 0. The van der Waals surface area contributed by atoms with Crippen LogP contribution in [0.3, 0.4) is 0 Å². The van der Waals surface area contributed by atoms with Gasteiger partial charge >= 0.3 is 0 Å². The molecule has 0 bridgehead atoms. The highest BCUT2D eigenvalue weighted by molar-refractivity contribution is 14.1. The van der Waals surface area contributed by atoms with Gasteiger partial charge in [0.25, 0.3) is 0 Å². The number of benzene rings is 2. The van der Waals surface area contributed by atoms with E-state index in [1.165, 1.54) is 20.3 Å². The van der Waals surface area contributed by atoms with Crippen LogP contribution in [0, 0.1) is 10.5 Å². The highest BCUT2D eigenvalue weighted by Gasteiger charge is 2.05. The Morgan fingerprint density at radius 2 is 1.53 bits per heavy atom. The van der Waals surface area contributed by atoms with E-state index in [0.29, 0.717) is 0 Å². The van der Waals surface area contributed by atoms with Crippen LogP contribution in [0.1, 0.15) is 23.1 Å². The Hall–Kier alpha value is -0.870. The number of rotatable bonds is 5. The Kier molecular flexibility index (Phi) is 5.40. The van der Waals surface area contributed by atoms with Gasteiger partial charge in [-0.1, -0.05) is 42.0 Å². The second-order valence-corrected chi connectivity index (χ2v) is 6.36. The second kappa shape index (κ2) is 7.06. The second-order valence-electron chi connectivity index (χ2n) is 5.11. The van der Waals surface area contributed by atoms with E-state index in [-0.39, 0.29) is 6.04 Å². The highest BCUT2D eigenvalue weighted by Crippen LogP contribution is 2.11. The molecule has 1 atom stereocenters. The minimum Gasteiger partial charge on any atom is -0.327 e. The Labute approximate surface area is 129 Å². The van der Waals surface area contributed by atoms with Crippen LogP contribution in [0.4, 0.5) is 0 Å². The summed E-state index contributed by atoms with van der Waals surface area (Å²) in [6.45, 7) is 2.12. The smallest absolute Gasteiger partial charge is 0.0130 e. The maximum atomic E-state index is 6.22. The molecule has 0 heterocycles. The third kappa shape index (κ3) is 4.96. The van der Waals surface area contributed by atoms with E-state index in [1.54, 1.807) is 0 Å². The molecule has 0 aliphatic rings. The van der Waals surface area contributed by atoms with Crippen molar-refractivity contribution in [2.45, 2.75) is 32.2 Å². The third-order valence-corrected chi connectivity index (χ3v) is 4.05. The zero-order valence-electron chi connectivity index (χ0n) is 11.3. The fourth-order valence-electron chi connectivity index (χ4n) is 2.13. The quantitative estimate of drug-likeness (QED) is 0.794. The van der Waals surface area contributed by atoms with Gasteiger partial charge in [-0.2, -0.15) is 0 Å². The number of aryl methyl sites for hydroxylation is 2. The van der Waals surface area contributed by atoms with Crippen molar-refractivity contribution < 1.29 is 0 Å². The standard InChI is InChI=1S/C17H20IN/c1-13-2-4-14(5-3-13)8-11-17(19)12-15-6-9-16(18)10-7-15/h2-7,9-10,17H,8,11-12,19H2,1H3. The van der Waals surface area contributed by atoms with E-state index < -0.39 is 0 Å². The molecule has 0 saturated carbocycles. The van der Waals surface area contributed by atoms with Crippen molar-refractivity contribution in [2.75, 3.05) is 0 Å².